The largest absolute Gasteiger partial charge is 0.347 e. The van der Waals surface area contributed by atoms with Gasteiger partial charge in [0, 0.05) is 18.0 Å². The Morgan fingerprint density at radius 3 is 2.43 bits per heavy atom. The van der Waals surface area contributed by atoms with Crippen LogP contribution in [0.5, 0.6) is 0 Å². The first kappa shape index (κ1) is 20.8. The minimum atomic E-state index is -3.73. The molecule has 0 radical (unpaired) electrons. The molecule has 1 aliphatic carbocycles. The molecule has 1 aliphatic rings. The van der Waals surface area contributed by atoms with E-state index in [0.717, 1.165) is 31.2 Å². The van der Waals surface area contributed by atoms with Crippen LogP contribution in [0, 0.1) is 5.82 Å². The van der Waals surface area contributed by atoms with Crippen LogP contribution in [0.1, 0.15) is 37.7 Å². The number of rotatable bonds is 7. The fraction of sp³-hybridized carbons (Fsp3) is 0.350. The first-order valence-electron chi connectivity index (χ1n) is 9.13. The summed E-state index contributed by atoms with van der Waals surface area (Å²) in [6.07, 6.45) is 3.50. The zero-order valence-electron chi connectivity index (χ0n) is 15.3. The van der Waals surface area contributed by atoms with Crippen LogP contribution in [-0.2, 0) is 20.4 Å². The molecule has 2 N–H and O–H groups in total. The van der Waals surface area contributed by atoms with Crippen molar-refractivity contribution in [2.75, 3.05) is 6.54 Å². The Kier molecular flexibility index (Phi) is 6.37. The van der Waals surface area contributed by atoms with Gasteiger partial charge in [0.15, 0.2) is 0 Å². The van der Waals surface area contributed by atoms with Gasteiger partial charge in [-0.3, -0.25) is 4.79 Å². The van der Waals surface area contributed by atoms with E-state index in [4.69, 9.17) is 11.6 Å². The Morgan fingerprint density at radius 1 is 1.11 bits per heavy atom. The Hall–Kier alpha value is -1.96. The molecule has 150 valence electrons. The molecule has 8 heteroatoms. The van der Waals surface area contributed by atoms with Crippen LogP contribution < -0.4 is 10.0 Å². The van der Waals surface area contributed by atoms with Crippen LogP contribution in [0.15, 0.2) is 53.4 Å². The van der Waals surface area contributed by atoms with E-state index in [-0.39, 0.29) is 29.6 Å². The number of halogens is 2. The van der Waals surface area contributed by atoms with Crippen molar-refractivity contribution in [3.8, 4) is 0 Å². The molecule has 0 aliphatic heterocycles. The van der Waals surface area contributed by atoms with Gasteiger partial charge in [0.05, 0.1) is 10.4 Å². The monoisotopic (exact) mass is 424 g/mol. The smallest absolute Gasteiger partial charge is 0.240 e. The average molecular weight is 425 g/mol. The van der Waals surface area contributed by atoms with Crippen LogP contribution >= 0.6 is 11.6 Å². The van der Waals surface area contributed by atoms with Crippen LogP contribution in [0.3, 0.4) is 0 Å². The van der Waals surface area contributed by atoms with E-state index in [1.165, 1.54) is 24.3 Å². The highest BCUT2D eigenvalue weighted by Crippen LogP contribution is 2.38. The molecule has 0 heterocycles. The molecule has 2 aromatic carbocycles. The summed E-state index contributed by atoms with van der Waals surface area (Å²) in [5.41, 5.74) is 0.357. The Balaban J connectivity index is 1.60. The number of hydrogen-bond acceptors (Lipinski definition) is 3. The summed E-state index contributed by atoms with van der Waals surface area (Å²) in [5.74, 6) is -0.571. The van der Waals surface area contributed by atoms with Crippen LogP contribution in [-0.4, -0.2) is 20.9 Å². The highest BCUT2D eigenvalue weighted by Gasteiger charge is 2.36. The molecule has 5 nitrogen and oxygen atoms in total. The Morgan fingerprint density at radius 2 is 1.79 bits per heavy atom. The second kappa shape index (κ2) is 8.59. The van der Waals surface area contributed by atoms with E-state index in [2.05, 4.69) is 10.0 Å². The quantitative estimate of drug-likeness (QED) is 0.711. The van der Waals surface area contributed by atoms with E-state index < -0.39 is 15.6 Å². The lowest BCUT2D eigenvalue weighted by atomic mass is 9.88. The maximum absolute atomic E-state index is 13.2. The first-order valence-corrected chi connectivity index (χ1v) is 11.0. The highest BCUT2D eigenvalue weighted by atomic mass is 35.5. The summed E-state index contributed by atoms with van der Waals surface area (Å²) in [6, 6.07) is 12.1. The van der Waals surface area contributed by atoms with Crippen molar-refractivity contribution in [1.29, 1.82) is 0 Å². The number of hydrogen-bond donors (Lipinski definition) is 2. The Bertz CT molecular complexity index is 942. The third-order valence-electron chi connectivity index (χ3n) is 4.98. The van der Waals surface area contributed by atoms with Crippen molar-refractivity contribution in [1.82, 2.24) is 10.0 Å². The van der Waals surface area contributed by atoms with Gasteiger partial charge in [-0.15, -0.1) is 0 Å². The molecule has 2 aromatic rings. The molecular weight excluding hydrogens is 403 g/mol. The first-order chi connectivity index (χ1) is 13.3. The summed E-state index contributed by atoms with van der Waals surface area (Å²) in [6.45, 7) is -0.0276. The fourth-order valence-corrected chi connectivity index (χ4v) is 4.91. The number of nitrogens with one attached hydrogen (secondary N) is 2. The molecule has 1 fully saturated rings. The number of carbonyl (C=O) groups excluding carboxylic acids is 1. The van der Waals surface area contributed by atoms with Gasteiger partial charge in [0.25, 0.3) is 0 Å². The molecule has 1 amide bonds. The van der Waals surface area contributed by atoms with E-state index in [1.807, 2.05) is 0 Å². The lowest BCUT2D eigenvalue weighted by Gasteiger charge is -2.31. The van der Waals surface area contributed by atoms with Crippen LogP contribution in [0.4, 0.5) is 4.39 Å². The minimum Gasteiger partial charge on any atom is -0.347 e. The van der Waals surface area contributed by atoms with Gasteiger partial charge in [0.2, 0.25) is 15.9 Å². The molecule has 0 spiro atoms. The molecule has 0 saturated heterocycles. The number of amides is 1. The topological polar surface area (TPSA) is 75.3 Å². The summed E-state index contributed by atoms with van der Waals surface area (Å²) < 4.78 is 40.2. The van der Waals surface area contributed by atoms with Crippen molar-refractivity contribution in [2.24, 2.45) is 0 Å². The van der Waals surface area contributed by atoms with Gasteiger partial charge in [-0.05, 0) is 48.7 Å². The summed E-state index contributed by atoms with van der Waals surface area (Å²) in [4.78, 5) is 12.5. The van der Waals surface area contributed by atoms with Gasteiger partial charge >= 0.3 is 0 Å². The van der Waals surface area contributed by atoms with Crippen molar-refractivity contribution in [3.63, 3.8) is 0 Å². The van der Waals surface area contributed by atoms with Gasteiger partial charge < -0.3 is 5.32 Å². The second-order valence-corrected chi connectivity index (χ2v) is 9.15. The molecule has 0 aromatic heterocycles. The molecular formula is C20H22ClFN2O3S. The molecule has 0 unspecified atom stereocenters. The third kappa shape index (κ3) is 4.90. The van der Waals surface area contributed by atoms with E-state index in [0.29, 0.717) is 5.02 Å². The highest BCUT2D eigenvalue weighted by molar-refractivity contribution is 7.89. The van der Waals surface area contributed by atoms with Crippen LogP contribution in [0.2, 0.25) is 5.02 Å². The summed E-state index contributed by atoms with van der Waals surface area (Å²) >= 11 is 5.83. The number of carbonyl (C=O) groups is 1. The van der Waals surface area contributed by atoms with Gasteiger partial charge in [-0.2, -0.15) is 0 Å². The third-order valence-corrected chi connectivity index (χ3v) is 6.68. The molecule has 3 rings (SSSR count). The zero-order chi connectivity index (χ0) is 20.2. The lowest BCUT2D eigenvalue weighted by molar-refractivity contribution is -0.123. The average Bonchev–Trinajstić information content (AvgIpc) is 3.11. The lowest BCUT2D eigenvalue weighted by Crippen LogP contribution is -2.44. The SMILES string of the molecule is O=C(CCNS(=O)(=O)c1cccc(Cl)c1)NC1(c2ccc(F)cc2)CCCC1. The minimum absolute atomic E-state index is 0.00272. The molecule has 0 atom stereocenters. The van der Waals surface area contributed by atoms with Crippen molar-refractivity contribution in [2.45, 2.75) is 42.5 Å². The maximum Gasteiger partial charge on any atom is 0.240 e. The fourth-order valence-electron chi connectivity index (χ4n) is 3.58. The van der Waals surface area contributed by atoms with Crippen molar-refractivity contribution < 1.29 is 17.6 Å². The van der Waals surface area contributed by atoms with Crippen molar-refractivity contribution >= 4 is 27.5 Å². The summed E-state index contributed by atoms with van der Waals surface area (Å²) in [5, 5.41) is 3.37. The second-order valence-electron chi connectivity index (χ2n) is 6.95. The van der Waals surface area contributed by atoms with Gasteiger partial charge in [-0.1, -0.05) is 42.6 Å². The van der Waals surface area contributed by atoms with Crippen molar-refractivity contribution in [3.05, 3.63) is 64.9 Å². The summed E-state index contributed by atoms with van der Waals surface area (Å²) in [7, 11) is -3.73. The predicted octanol–water partition coefficient (Wildman–Crippen LogP) is 3.73. The normalized spacial score (nSPS) is 16.1. The number of benzene rings is 2. The molecule has 28 heavy (non-hydrogen) atoms. The Labute approximate surface area is 169 Å². The molecule has 1 saturated carbocycles. The van der Waals surface area contributed by atoms with Crippen LogP contribution in [0.25, 0.3) is 0 Å². The zero-order valence-corrected chi connectivity index (χ0v) is 16.8. The maximum atomic E-state index is 13.2. The number of sulfonamides is 1. The van der Waals surface area contributed by atoms with Gasteiger partial charge in [-0.25, -0.2) is 17.5 Å². The standard InChI is InChI=1S/C20H22ClFN2O3S/c21-16-4-3-5-18(14-16)28(26,27)23-13-10-19(25)24-20(11-1-2-12-20)15-6-8-17(22)9-7-15/h3-9,14,23H,1-2,10-13H2,(H,24,25). The molecule has 0 bridgehead atoms. The van der Waals surface area contributed by atoms with Gasteiger partial charge in [0.1, 0.15) is 5.82 Å². The van der Waals surface area contributed by atoms with E-state index in [1.54, 1.807) is 24.3 Å². The predicted molar refractivity (Wildman–Crippen MR) is 106 cm³/mol. The van der Waals surface area contributed by atoms with E-state index >= 15 is 0 Å². The van der Waals surface area contributed by atoms with E-state index in [9.17, 15) is 17.6 Å².